The molecular weight excluding hydrogens is 445 g/mol. The molecule has 3 N–H and O–H groups in total. The Balaban J connectivity index is 1.58. The van der Waals surface area contributed by atoms with Crippen LogP contribution in [0.15, 0.2) is 71.9 Å². The lowest BCUT2D eigenvalue weighted by atomic mass is 9.99. The largest absolute Gasteiger partial charge is 0.506 e. The predicted octanol–water partition coefficient (Wildman–Crippen LogP) is 3.80. The lowest BCUT2D eigenvalue weighted by Crippen LogP contribution is -2.40. The smallest absolute Gasteiger partial charge is 0.252 e. The van der Waals surface area contributed by atoms with E-state index in [1.165, 1.54) is 30.5 Å². The number of nitrogens with zero attached hydrogens (tertiary/aromatic N) is 2. The van der Waals surface area contributed by atoms with Crippen LogP contribution in [0.25, 0.3) is 5.57 Å². The number of aliphatic hydroxyl groups excluding tert-OH is 1. The second kappa shape index (κ2) is 9.94. The highest BCUT2D eigenvalue weighted by atomic mass is 35.5. The first kappa shape index (κ1) is 22.6. The van der Waals surface area contributed by atoms with Gasteiger partial charge in [-0.25, -0.2) is 4.39 Å². The number of allylic oxidation sites excluding steroid dienone is 1. The van der Waals surface area contributed by atoms with E-state index in [1.807, 2.05) is 12.1 Å². The molecule has 0 saturated heterocycles. The van der Waals surface area contributed by atoms with Gasteiger partial charge in [-0.05, 0) is 53.6 Å². The Morgan fingerprint density at radius 3 is 2.67 bits per heavy atom. The number of amides is 1. The Hall–Kier alpha value is -3.55. The van der Waals surface area contributed by atoms with Gasteiger partial charge in [-0.15, -0.1) is 0 Å². The monoisotopic (exact) mass is 465 g/mol. The van der Waals surface area contributed by atoms with E-state index in [9.17, 15) is 19.4 Å². The van der Waals surface area contributed by atoms with Gasteiger partial charge in [0.05, 0.1) is 36.2 Å². The molecule has 0 radical (unpaired) electrons. The van der Waals surface area contributed by atoms with Crippen LogP contribution in [-0.4, -0.2) is 46.0 Å². The predicted molar refractivity (Wildman–Crippen MR) is 125 cm³/mol. The van der Waals surface area contributed by atoms with Crippen LogP contribution in [0.2, 0.25) is 5.02 Å². The van der Waals surface area contributed by atoms with Gasteiger partial charge in [0, 0.05) is 23.2 Å². The molecule has 33 heavy (non-hydrogen) atoms. The van der Waals surface area contributed by atoms with E-state index in [1.54, 1.807) is 24.3 Å². The van der Waals surface area contributed by atoms with E-state index in [0.717, 1.165) is 11.1 Å². The first-order valence-electron chi connectivity index (χ1n) is 10.3. The second-order valence-corrected chi connectivity index (χ2v) is 8.00. The van der Waals surface area contributed by atoms with Crippen molar-refractivity contribution in [3.8, 4) is 5.75 Å². The number of pyridine rings is 1. The molecule has 4 rings (SSSR count). The summed E-state index contributed by atoms with van der Waals surface area (Å²) in [6, 6.07) is 13.8. The van der Waals surface area contributed by atoms with Crippen molar-refractivity contribution in [2.75, 3.05) is 13.2 Å². The third kappa shape index (κ3) is 5.10. The molecule has 0 aliphatic carbocycles. The van der Waals surface area contributed by atoms with Gasteiger partial charge in [-0.1, -0.05) is 29.8 Å². The van der Waals surface area contributed by atoms with E-state index >= 15 is 0 Å². The molecule has 1 amide bonds. The number of benzene rings is 2. The van der Waals surface area contributed by atoms with Crippen LogP contribution < -0.4 is 5.32 Å². The number of carbonyl (C=O) groups is 1. The first-order valence-corrected chi connectivity index (χ1v) is 10.7. The number of aliphatic imine (C=N–C) groups is 1. The lowest BCUT2D eigenvalue weighted by molar-refractivity contribution is 0.0915. The molecular formula is C25H21ClFN3O3. The summed E-state index contributed by atoms with van der Waals surface area (Å²) in [6.07, 6.45) is 3.38. The number of carbonyl (C=O) groups excluding carboxylic acids is 1. The summed E-state index contributed by atoms with van der Waals surface area (Å²) in [4.78, 5) is 21.6. The van der Waals surface area contributed by atoms with Gasteiger partial charge in [0.2, 0.25) is 0 Å². The summed E-state index contributed by atoms with van der Waals surface area (Å²) in [5.74, 6) is -1.16. The zero-order chi connectivity index (χ0) is 23.4. The molecule has 168 valence electrons. The SMILES string of the molecule is O=C(N[C@@H](CO)Cc1ncccc1O)c1cccc(F)c1C1=NCC(c2ccc(Cl)cc2)=C1. The highest BCUT2D eigenvalue weighted by Crippen LogP contribution is 2.26. The van der Waals surface area contributed by atoms with Crippen LogP contribution in [-0.2, 0) is 6.42 Å². The lowest BCUT2D eigenvalue weighted by Gasteiger charge is -2.18. The zero-order valence-corrected chi connectivity index (χ0v) is 18.3. The molecule has 2 heterocycles. The van der Waals surface area contributed by atoms with Crippen molar-refractivity contribution in [1.82, 2.24) is 10.3 Å². The summed E-state index contributed by atoms with van der Waals surface area (Å²) in [5, 5.41) is 23.0. The third-order valence-corrected chi connectivity index (χ3v) is 5.57. The van der Waals surface area contributed by atoms with Gasteiger partial charge in [-0.2, -0.15) is 0 Å². The number of halogens is 2. The first-order chi connectivity index (χ1) is 16.0. The van der Waals surface area contributed by atoms with E-state index in [4.69, 9.17) is 11.6 Å². The fraction of sp³-hybridized carbons (Fsp3) is 0.160. The Morgan fingerprint density at radius 1 is 1.15 bits per heavy atom. The molecule has 1 aromatic heterocycles. The minimum absolute atomic E-state index is 0.0307. The number of hydrogen-bond acceptors (Lipinski definition) is 5. The maximum Gasteiger partial charge on any atom is 0.252 e. The molecule has 8 heteroatoms. The van der Waals surface area contributed by atoms with E-state index in [-0.39, 0.29) is 29.9 Å². The van der Waals surface area contributed by atoms with Crippen LogP contribution in [0.4, 0.5) is 4.39 Å². The number of rotatable bonds is 7. The van der Waals surface area contributed by atoms with Crippen LogP contribution >= 0.6 is 11.6 Å². The Labute approximate surface area is 195 Å². The maximum atomic E-state index is 14.9. The van der Waals surface area contributed by atoms with Crippen LogP contribution in [0.1, 0.15) is 27.2 Å². The summed E-state index contributed by atoms with van der Waals surface area (Å²) in [5.41, 5.74) is 2.70. The van der Waals surface area contributed by atoms with Crippen molar-refractivity contribution in [3.05, 3.63) is 100 Å². The number of hydrogen-bond donors (Lipinski definition) is 3. The highest BCUT2D eigenvalue weighted by molar-refractivity contribution is 6.30. The molecule has 0 fully saturated rings. The van der Waals surface area contributed by atoms with Crippen molar-refractivity contribution < 1.29 is 19.4 Å². The quantitative estimate of drug-likeness (QED) is 0.494. The fourth-order valence-corrected chi connectivity index (χ4v) is 3.76. The number of aromatic nitrogens is 1. The van der Waals surface area contributed by atoms with Crippen molar-refractivity contribution >= 4 is 28.8 Å². The van der Waals surface area contributed by atoms with Crippen LogP contribution in [0.5, 0.6) is 5.75 Å². The van der Waals surface area contributed by atoms with Gasteiger partial charge in [0.15, 0.2) is 0 Å². The Bertz CT molecular complexity index is 1240. The Kier molecular flexibility index (Phi) is 6.82. The topological polar surface area (TPSA) is 94.8 Å². The molecule has 0 bridgehead atoms. The average molecular weight is 466 g/mol. The Morgan fingerprint density at radius 2 is 1.94 bits per heavy atom. The van der Waals surface area contributed by atoms with Gasteiger partial charge in [0.25, 0.3) is 5.91 Å². The zero-order valence-electron chi connectivity index (χ0n) is 17.5. The summed E-state index contributed by atoms with van der Waals surface area (Å²) < 4.78 is 14.9. The van der Waals surface area contributed by atoms with E-state index in [2.05, 4.69) is 15.3 Å². The van der Waals surface area contributed by atoms with Gasteiger partial charge in [-0.3, -0.25) is 14.8 Å². The molecule has 0 saturated carbocycles. The van der Waals surface area contributed by atoms with E-state index in [0.29, 0.717) is 23.0 Å². The third-order valence-electron chi connectivity index (χ3n) is 5.32. The minimum atomic E-state index is -0.722. The molecule has 0 spiro atoms. The van der Waals surface area contributed by atoms with Crippen LogP contribution in [0, 0.1) is 5.82 Å². The summed E-state index contributed by atoms with van der Waals surface area (Å²) in [6.45, 7) is -0.0292. The van der Waals surface area contributed by atoms with E-state index < -0.39 is 17.8 Å². The molecule has 0 unspecified atom stereocenters. The number of aromatic hydroxyl groups is 1. The van der Waals surface area contributed by atoms with Crippen molar-refractivity contribution in [3.63, 3.8) is 0 Å². The summed E-state index contributed by atoms with van der Waals surface area (Å²) >= 11 is 5.95. The standard InChI is InChI=1S/C25H21ClFN3O3/c26-17-8-6-15(7-9-17)16-11-22(29-13-16)24-19(3-1-4-20(24)27)25(33)30-18(14-31)12-21-23(32)5-2-10-28-21/h1-11,18,31-32H,12-14H2,(H,30,33)/t18-/m1/s1. The normalized spacial score (nSPS) is 13.9. The molecule has 1 aliphatic heterocycles. The molecule has 1 aliphatic rings. The average Bonchev–Trinajstić information content (AvgIpc) is 3.30. The molecule has 6 nitrogen and oxygen atoms in total. The summed E-state index contributed by atoms with van der Waals surface area (Å²) in [7, 11) is 0. The molecule has 3 aromatic rings. The molecule has 2 aromatic carbocycles. The van der Waals surface area contributed by atoms with Gasteiger partial charge in [0.1, 0.15) is 11.6 Å². The highest BCUT2D eigenvalue weighted by Gasteiger charge is 2.24. The number of aliphatic hydroxyl groups is 1. The maximum absolute atomic E-state index is 14.9. The van der Waals surface area contributed by atoms with Gasteiger partial charge >= 0.3 is 0 Å². The van der Waals surface area contributed by atoms with Crippen molar-refractivity contribution in [2.45, 2.75) is 12.5 Å². The number of nitrogens with one attached hydrogen (secondary N) is 1. The van der Waals surface area contributed by atoms with Crippen molar-refractivity contribution in [1.29, 1.82) is 0 Å². The molecule has 1 atom stereocenters. The fourth-order valence-electron chi connectivity index (χ4n) is 3.63. The minimum Gasteiger partial charge on any atom is -0.506 e. The van der Waals surface area contributed by atoms with Crippen LogP contribution in [0.3, 0.4) is 0 Å². The van der Waals surface area contributed by atoms with Gasteiger partial charge < -0.3 is 15.5 Å². The second-order valence-electron chi connectivity index (χ2n) is 7.57. The van der Waals surface area contributed by atoms with Crippen molar-refractivity contribution in [2.24, 2.45) is 4.99 Å².